The van der Waals surface area contributed by atoms with E-state index in [1.54, 1.807) is 12.1 Å². The first kappa shape index (κ1) is 10.2. The van der Waals surface area contributed by atoms with Crippen molar-refractivity contribution < 1.29 is 9.59 Å². The van der Waals surface area contributed by atoms with Crippen molar-refractivity contribution in [3.8, 4) is 0 Å². The van der Waals surface area contributed by atoms with Crippen LogP contribution >= 0.6 is 0 Å². The number of ketones is 1. The highest BCUT2D eigenvalue weighted by molar-refractivity contribution is 5.92. The van der Waals surface area contributed by atoms with E-state index in [1.807, 2.05) is 18.2 Å². The first-order chi connectivity index (χ1) is 6.68. The highest BCUT2D eigenvalue weighted by atomic mass is 16.2. The van der Waals surface area contributed by atoms with E-state index in [0.29, 0.717) is 5.69 Å². The van der Waals surface area contributed by atoms with E-state index >= 15 is 0 Å². The van der Waals surface area contributed by atoms with Gasteiger partial charge in [0.05, 0.1) is 6.54 Å². The Balaban J connectivity index is 2.38. The lowest BCUT2D eigenvalue weighted by Crippen LogP contribution is -2.32. The maximum absolute atomic E-state index is 11.1. The predicted molar refractivity (Wildman–Crippen MR) is 54.1 cm³/mol. The van der Waals surface area contributed by atoms with Crippen LogP contribution < -0.4 is 10.6 Å². The number of carbonyl (C=O) groups excluding carboxylic acids is 2. The Hall–Kier alpha value is -1.84. The molecule has 4 nitrogen and oxygen atoms in total. The number of Topliss-reactive ketones (excluding diaryl/α,β-unsaturated/α-hetero) is 1. The number of para-hydroxylation sites is 1. The van der Waals surface area contributed by atoms with Crippen LogP contribution in [0.4, 0.5) is 10.5 Å². The summed E-state index contributed by atoms with van der Waals surface area (Å²) in [6.07, 6.45) is 0. The van der Waals surface area contributed by atoms with Crippen molar-refractivity contribution in [3.63, 3.8) is 0 Å². The smallest absolute Gasteiger partial charge is 0.319 e. The number of anilines is 1. The van der Waals surface area contributed by atoms with Gasteiger partial charge < -0.3 is 10.6 Å². The monoisotopic (exact) mass is 192 g/mol. The first-order valence-corrected chi connectivity index (χ1v) is 4.28. The zero-order chi connectivity index (χ0) is 10.4. The molecule has 0 spiro atoms. The van der Waals surface area contributed by atoms with Crippen molar-refractivity contribution in [2.45, 2.75) is 6.92 Å². The molecule has 0 heterocycles. The second kappa shape index (κ2) is 5.01. The normalized spacial score (nSPS) is 9.21. The first-order valence-electron chi connectivity index (χ1n) is 4.28. The van der Waals surface area contributed by atoms with Gasteiger partial charge in [0.25, 0.3) is 0 Å². The van der Waals surface area contributed by atoms with Crippen LogP contribution in [0.1, 0.15) is 6.92 Å². The quantitative estimate of drug-likeness (QED) is 0.760. The minimum atomic E-state index is -0.369. The Morgan fingerprint density at radius 1 is 1.21 bits per heavy atom. The van der Waals surface area contributed by atoms with Gasteiger partial charge in [0.2, 0.25) is 0 Å². The fourth-order valence-electron chi connectivity index (χ4n) is 0.902. The predicted octanol–water partition coefficient (Wildman–Crippen LogP) is 1.40. The van der Waals surface area contributed by atoms with E-state index in [1.165, 1.54) is 6.92 Å². The van der Waals surface area contributed by atoms with E-state index < -0.39 is 0 Å². The van der Waals surface area contributed by atoms with Gasteiger partial charge in [-0.1, -0.05) is 18.2 Å². The van der Waals surface area contributed by atoms with Crippen LogP contribution in [-0.2, 0) is 4.79 Å². The zero-order valence-electron chi connectivity index (χ0n) is 7.91. The number of rotatable bonds is 3. The molecule has 14 heavy (non-hydrogen) atoms. The average Bonchev–Trinajstić information content (AvgIpc) is 2.16. The third kappa shape index (κ3) is 3.71. The molecule has 4 heteroatoms. The highest BCUT2D eigenvalue weighted by Crippen LogP contribution is 2.03. The summed E-state index contributed by atoms with van der Waals surface area (Å²) in [4.78, 5) is 21.7. The van der Waals surface area contributed by atoms with Crippen LogP contribution in [0.3, 0.4) is 0 Å². The van der Waals surface area contributed by atoms with Crippen LogP contribution in [0.2, 0.25) is 0 Å². The summed E-state index contributed by atoms with van der Waals surface area (Å²) < 4.78 is 0. The van der Waals surface area contributed by atoms with Gasteiger partial charge in [-0.3, -0.25) is 4.79 Å². The molecule has 0 aromatic heterocycles. The summed E-state index contributed by atoms with van der Waals surface area (Å²) >= 11 is 0. The van der Waals surface area contributed by atoms with Crippen LogP contribution in [0.25, 0.3) is 0 Å². The molecule has 0 aliphatic rings. The molecule has 0 bridgehead atoms. The molecule has 2 amide bonds. The molecule has 2 N–H and O–H groups in total. The zero-order valence-corrected chi connectivity index (χ0v) is 7.91. The lowest BCUT2D eigenvalue weighted by Gasteiger charge is -2.05. The second-order valence-corrected chi connectivity index (χ2v) is 2.88. The number of benzene rings is 1. The fraction of sp³-hybridized carbons (Fsp3) is 0.200. The van der Waals surface area contributed by atoms with Gasteiger partial charge in [0.1, 0.15) is 5.78 Å². The SMILES string of the molecule is CC(=O)CNC(=O)Nc1ccccc1. The molecule has 0 fully saturated rings. The van der Waals surface area contributed by atoms with Crippen LogP contribution in [0, 0.1) is 0 Å². The van der Waals surface area contributed by atoms with Gasteiger partial charge in [-0.2, -0.15) is 0 Å². The largest absolute Gasteiger partial charge is 0.331 e. The summed E-state index contributed by atoms with van der Waals surface area (Å²) in [6, 6.07) is 8.67. The van der Waals surface area contributed by atoms with E-state index in [2.05, 4.69) is 10.6 Å². The molecular weight excluding hydrogens is 180 g/mol. The van der Waals surface area contributed by atoms with Gasteiger partial charge in [-0.25, -0.2) is 4.79 Å². The molecule has 1 aromatic rings. The second-order valence-electron chi connectivity index (χ2n) is 2.88. The van der Waals surface area contributed by atoms with Crippen molar-refractivity contribution in [2.75, 3.05) is 11.9 Å². The minimum absolute atomic E-state index is 0.0542. The van der Waals surface area contributed by atoms with E-state index in [4.69, 9.17) is 0 Å². The number of amides is 2. The van der Waals surface area contributed by atoms with Crippen molar-refractivity contribution in [1.29, 1.82) is 0 Å². The van der Waals surface area contributed by atoms with Gasteiger partial charge in [0.15, 0.2) is 0 Å². The van der Waals surface area contributed by atoms with E-state index in [0.717, 1.165) is 0 Å². The summed E-state index contributed by atoms with van der Waals surface area (Å²) in [5.41, 5.74) is 0.702. The lowest BCUT2D eigenvalue weighted by molar-refractivity contribution is -0.116. The molecular formula is C10H12N2O2. The molecule has 74 valence electrons. The van der Waals surface area contributed by atoms with E-state index in [-0.39, 0.29) is 18.4 Å². The van der Waals surface area contributed by atoms with Gasteiger partial charge in [-0.15, -0.1) is 0 Å². The summed E-state index contributed by atoms with van der Waals surface area (Å²) in [5.74, 6) is -0.0757. The van der Waals surface area contributed by atoms with Gasteiger partial charge >= 0.3 is 6.03 Å². The summed E-state index contributed by atoms with van der Waals surface area (Å²) in [7, 11) is 0. The number of hydrogen-bond donors (Lipinski definition) is 2. The summed E-state index contributed by atoms with van der Waals surface area (Å²) in [5, 5.41) is 5.03. The maximum atomic E-state index is 11.1. The van der Waals surface area contributed by atoms with Crippen molar-refractivity contribution in [3.05, 3.63) is 30.3 Å². The Morgan fingerprint density at radius 3 is 2.43 bits per heavy atom. The van der Waals surface area contributed by atoms with Crippen molar-refractivity contribution in [2.24, 2.45) is 0 Å². The average molecular weight is 192 g/mol. The Bertz CT molecular complexity index is 322. The highest BCUT2D eigenvalue weighted by Gasteiger charge is 2.00. The number of hydrogen-bond acceptors (Lipinski definition) is 2. The Kier molecular flexibility index (Phi) is 3.67. The van der Waals surface area contributed by atoms with Gasteiger partial charge in [0, 0.05) is 5.69 Å². The number of nitrogens with one attached hydrogen (secondary N) is 2. The molecule has 0 saturated heterocycles. The third-order valence-electron chi connectivity index (χ3n) is 1.53. The van der Waals surface area contributed by atoms with Crippen LogP contribution in [0.15, 0.2) is 30.3 Å². The summed E-state index contributed by atoms with van der Waals surface area (Å²) in [6.45, 7) is 1.47. The topological polar surface area (TPSA) is 58.2 Å². The molecule has 0 saturated carbocycles. The van der Waals surface area contributed by atoms with Crippen LogP contribution in [0.5, 0.6) is 0 Å². The minimum Gasteiger partial charge on any atom is -0.331 e. The van der Waals surface area contributed by atoms with Crippen LogP contribution in [-0.4, -0.2) is 18.4 Å². The Morgan fingerprint density at radius 2 is 1.86 bits per heavy atom. The van der Waals surface area contributed by atoms with Crippen molar-refractivity contribution in [1.82, 2.24) is 5.32 Å². The van der Waals surface area contributed by atoms with E-state index in [9.17, 15) is 9.59 Å². The van der Waals surface area contributed by atoms with Gasteiger partial charge in [-0.05, 0) is 19.1 Å². The molecule has 0 radical (unpaired) electrons. The molecule has 0 aliphatic carbocycles. The van der Waals surface area contributed by atoms with Crippen molar-refractivity contribution >= 4 is 17.5 Å². The number of carbonyl (C=O) groups is 2. The number of urea groups is 1. The molecule has 0 aliphatic heterocycles. The lowest BCUT2D eigenvalue weighted by atomic mass is 10.3. The molecule has 0 unspecified atom stereocenters. The molecule has 1 rings (SSSR count). The fourth-order valence-corrected chi connectivity index (χ4v) is 0.902. The molecule has 0 atom stereocenters. The maximum Gasteiger partial charge on any atom is 0.319 e. The Labute approximate surface area is 82.3 Å². The third-order valence-corrected chi connectivity index (χ3v) is 1.53. The molecule has 1 aromatic carbocycles. The standard InChI is InChI=1S/C10H12N2O2/c1-8(13)7-11-10(14)12-9-5-3-2-4-6-9/h2-6H,7H2,1H3,(H2,11,12,14).